The van der Waals surface area contributed by atoms with Crippen LogP contribution in [0.3, 0.4) is 0 Å². The van der Waals surface area contributed by atoms with E-state index in [2.05, 4.69) is 0 Å². The van der Waals surface area contributed by atoms with Crippen LogP contribution in [-0.2, 0) is 10.0 Å². The molecule has 2 aromatic rings. The Hall–Kier alpha value is -1.47. The van der Waals surface area contributed by atoms with Gasteiger partial charge in [0, 0.05) is 12.1 Å². The first-order valence-corrected chi connectivity index (χ1v) is 10.3. The zero-order valence-corrected chi connectivity index (χ0v) is 16.7. The maximum absolute atomic E-state index is 13.3. The normalized spacial score (nSPS) is 18.1. The molecule has 1 saturated heterocycles. The molecule has 5 nitrogen and oxygen atoms in total. The predicted molar refractivity (Wildman–Crippen MR) is 102 cm³/mol. The highest BCUT2D eigenvalue weighted by Crippen LogP contribution is 2.43. The van der Waals surface area contributed by atoms with Crippen molar-refractivity contribution in [3.05, 3.63) is 52.0 Å². The van der Waals surface area contributed by atoms with Crippen LogP contribution < -0.4 is 9.47 Å². The Bertz CT molecular complexity index is 897. The maximum atomic E-state index is 13.3. The van der Waals surface area contributed by atoms with Crippen molar-refractivity contribution in [3.63, 3.8) is 0 Å². The van der Waals surface area contributed by atoms with Crippen LogP contribution in [0.5, 0.6) is 11.5 Å². The molecule has 1 atom stereocenters. The fourth-order valence-electron chi connectivity index (χ4n) is 3.28. The molecule has 3 rings (SSSR count). The smallest absolute Gasteiger partial charge is 0.246 e. The Kier molecular flexibility index (Phi) is 5.67. The second-order valence-corrected chi connectivity index (χ2v) is 8.57. The van der Waals surface area contributed by atoms with Crippen LogP contribution >= 0.6 is 23.2 Å². The van der Waals surface area contributed by atoms with Crippen molar-refractivity contribution in [1.82, 2.24) is 4.31 Å². The minimum absolute atomic E-state index is 0.0582. The maximum Gasteiger partial charge on any atom is 0.246 e. The zero-order valence-electron chi connectivity index (χ0n) is 14.4. The molecule has 0 bridgehead atoms. The van der Waals surface area contributed by atoms with Crippen LogP contribution in [-0.4, -0.2) is 33.5 Å². The Morgan fingerprint density at radius 1 is 1.08 bits per heavy atom. The van der Waals surface area contributed by atoms with E-state index < -0.39 is 10.0 Å². The first kappa shape index (κ1) is 19.3. The lowest BCUT2D eigenvalue weighted by Gasteiger charge is -2.26. The van der Waals surface area contributed by atoms with Crippen molar-refractivity contribution in [2.24, 2.45) is 0 Å². The van der Waals surface area contributed by atoms with Crippen molar-refractivity contribution >= 4 is 33.2 Å². The number of benzene rings is 2. The van der Waals surface area contributed by atoms with Gasteiger partial charge in [0.15, 0.2) is 0 Å². The van der Waals surface area contributed by atoms with Crippen LogP contribution in [0.1, 0.15) is 24.4 Å². The molecule has 1 heterocycles. The highest BCUT2D eigenvalue weighted by molar-refractivity contribution is 7.89. The summed E-state index contributed by atoms with van der Waals surface area (Å²) in [6, 6.07) is 9.66. The molecule has 1 aliphatic rings. The van der Waals surface area contributed by atoms with E-state index in [-0.39, 0.29) is 21.0 Å². The van der Waals surface area contributed by atoms with Gasteiger partial charge in [-0.3, -0.25) is 0 Å². The van der Waals surface area contributed by atoms with E-state index in [4.69, 9.17) is 32.7 Å². The number of hydrogen-bond acceptors (Lipinski definition) is 4. The molecule has 1 fully saturated rings. The average molecular weight is 416 g/mol. The second-order valence-electron chi connectivity index (χ2n) is 5.93. The molecule has 26 heavy (non-hydrogen) atoms. The zero-order chi connectivity index (χ0) is 18.9. The monoisotopic (exact) mass is 415 g/mol. The van der Waals surface area contributed by atoms with E-state index in [0.717, 1.165) is 12.0 Å². The molecular weight excluding hydrogens is 397 g/mol. The molecule has 0 N–H and O–H groups in total. The number of ether oxygens (including phenoxy) is 2. The summed E-state index contributed by atoms with van der Waals surface area (Å²) in [4.78, 5) is -0.0582. The summed E-state index contributed by atoms with van der Waals surface area (Å²) in [7, 11) is -0.742. The summed E-state index contributed by atoms with van der Waals surface area (Å²) in [5.74, 6) is 1.25. The minimum atomic E-state index is -3.87. The fraction of sp³-hybridized carbons (Fsp3) is 0.333. The molecule has 2 aromatic carbocycles. The van der Waals surface area contributed by atoms with E-state index in [1.807, 2.05) is 6.07 Å². The lowest BCUT2D eigenvalue weighted by Crippen LogP contribution is -2.31. The lowest BCUT2D eigenvalue weighted by molar-refractivity contribution is 0.362. The van der Waals surface area contributed by atoms with Gasteiger partial charge in [0.25, 0.3) is 0 Å². The molecule has 0 amide bonds. The second kappa shape index (κ2) is 7.64. The molecule has 8 heteroatoms. The van der Waals surface area contributed by atoms with E-state index in [1.54, 1.807) is 32.4 Å². The largest absolute Gasteiger partial charge is 0.497 e. The topological polar surface area (TPSA) is 55.8 Å². The first-order chi connectivity index (χ1) is 12.4. The Morgan fingerprint density at radius 2 is 1.77 bits per heavy atom. The standard InChI is InChI=1S/C18H19Cl2NO4S/c1-24-12-8-9-17(25-2)13(11-12)16-7-4-10-21(16)26(22,23)18-14(19)5-3-6-15(18)20/h3,5-6,8-9,11,16H,4,7,10H2,1-2H3/t16-/m1/s1. The van der Waals surface area contributed by atoms with E-state index in [1.165, 1.54) is 16.4 Å². The summed E-state index contributed by atoms with van der Waals surface area (Å²) in [6.07, 6.45) is 1.40. The van der Waals surface area contributed by atoms with E-state index >= 15 is 0 Å². The Balaban J connectivity index is 2.09. The Labute approximate surface area is 163 Å². The summed E-state index contributed by atoms with van der Waals surface area (Å²) in [5, 5.41) is 0.224. The van der Waals surface area contributed by atoms with Crippen molar-refractivity contribution in [1.29, 1.82) is 0 Å². The van der Waals surface area contributed by atoms with Crippen LogP contribution in [0.25, 0.3) is 0 Å². The summed E-state index contributed by atoms with van der Waals surface area (Å²) in [6.45, 7) is 0.384. The Morgan fingerprint density at radius 3 is 2.38 bits per heavy atom. The van der Waals surface area contributed by atoms with Crippen molar-refractivity contribution in [2.75, 3.05) is 20.8 Å². The van der Waals surface area contributed by atoms with Crippen LogP contribution in [0, 0.1) is 0 Å². The van der Waals surface area contributed by atoms with Gasteiger partial charge in [0.2, 0.25) is 10.0 Å². The first-order valence-electron chi connectivity index (χ1n) is 8.08. The van der Waals surface area contributed by atoms with Gasteiger partial charge < -0.3 is 9.47 Å². The fourth-order valence-corrected chi connectivity index (χ4v) is 6.05. The van der Waals surface area contributed by atoms with E-state index in [0.29, 0.717) is 24.5 Å². The molecule has 0 radical (unpaired) electrons. The van der Waals surface area contributed by atoms with Crippen molar-refractivity contribution in [3.8, 4) is 11.5 Å². The van der Waals surface area contributed by atoms with Crippen molar-refractivity contribution in [2.45, 2.75) is 23.8 Å². The van der Waals surface area contributed by atoms with Gasteiger partial charge in [-0.1, -0.05) is 29.3 Å². The third-order valence-corrected chi connectivity index (χ3v) is 7.35. The average Bonchev–Trinajstić information content (AvgIpc) is 3.11. The van der Waals surface area contributed by atoms with Gasteiger partial charge in [-0.25, -0.2) is 8.42 Å². The van der Waals surface area contributed by atoms with Gasteiger partial charge in [-0.05, 0) is 43.2 Å². The molecule has 0 spiro atoms. The van der Waals surface area contributed by atoms with Crippen LogP contribution in [0.15, 0.2) is 41.3 Å². The SMILES string of the molecule is COc1ccc(OC)c([C@H]2CCCN2S(=O)(=O)c2c(Cl)cccc2Cl)c1. The minimum Gasteiger partial charge on any atom is -0.497 e. The number of methoxy groups -OCH3 is 2. The lowest BCUT2D eigenvalue weighted by atomic mass is 10.0. The molecule has 140 valence electrons. The van der Waals surface area contributed by atoms with Crippen molar-refractivity contribution < 1.29 is 17.9 Å². The van der Waals surface area contributed by atoms with E-state index in [9.17, 15) is 8.42 Å². The van der Waals surface area contributed by atoms with Gasteiger partial charge >= 0.3 is 0 Å². The van der Waals surface area contributed by atoms with Gasteiger partial charge in [-0.2, -0.15) is 4.31 Å². The number of nitrogens with zero attached hydrogens (tertiary/aromatic N) is 1. The summed E-state index contributed by atoms with van der Waals surface area (Å²) < 4.78 is 38.8. The molecule has 0 aliphatic carbocycles. The van der Waals surface area contributed by atoms with Gasteiger partial charge in [-0.15, -0.1) is 0 Å². The third kappa shape index (κ3) is 3.39. The van der Waals surface area contributed by atoms with Crippen LogP contribution in [0.2, 0.25) is 10.0 Å². The molecule has 0 saturated carbocycles. The quantitative estimate of drug-likeness (QED) is 0.719. The van der Waals surface area contributed by atoms with Gasteiger partial charge in [0.1, 0.15) is 16.4 Å². The highest BCUT2D eigenvalue weighted by Gasteiger charge is 2.39. The predicted octanol–water partition coefficient (Wildman–Crippen LogP) is 4.54. The molecule has 1 aliphatic heterocycles. The number of halogens is 2. The molecular formula is C18H19Cl2NO4S. The highest BCUT2D eigenvalue weighted by atomic mass is 35.5. The summed E-state index contributed by atoms with van der Waals surface area (Å²) >= 11 is 12.3. The van der Waals surface area contributed by atoms with Gasteiger partial charge in [0.05, 0.1) is 30.3 Å². The molecule has 0 aromatic heterocycles. The number of rotatable bonds is 5. The molecule has 0 unspecified atom stereocenters. The number of hydrogen-bond donors (Lipinski definition) is 0. The number of sulfonamides is 1. The van der Waals surface area contributed by atoms with Crippen LogP contribution in [0.4, 0.5) is 0 Å². The summed E-state index contributed by atoms with van der Waals surface area (Å²) in [5.41, 5.74) is 0.760. The third-order valence-electron chi connectivity index (χ3n) is 4.49.